The molecular weight excluding hydrogens is 416 g/mol. The molecule has 0 fully saturated rings. The summed E-state index contributed by atoms with van der Waals surface area (Å²) in [7, 11) is 3.12. The van der Waals surface area contributed by atoms with Crippen LogP contribution in [0.5, 0.6) is 11.5 Å². The molecule has 1 amide bonds. The summed E-state index contributed by atoms with van der Waals surface area (Å²) >= 11 is 1.26. The Labute approximate surface area is 186 Å². The highest BCUT2D eigenvalue weighted by Crippen LogP contribution is 2.42. The Morgan fingerprint density at radius 3 is 2.32 bits per heavy atom. The van der Waals surface area contributed by atoms with Gasteiger partial charge in [0, 0.05) is 24.8 Å². The lowest BCUT2D eigenvalue weighted by atomic mass is 10.1. The summed E-state index contributed by atoms with van der Waals surface area (Å²) in [4.78, 5) is 27.0. The van der Waals surface area contributed by atoms with Crippen LogP contribution in [0.4, 0.5) is 0 Å². The molecule has 1 aromatic heterocycles. The number of ether oxygens (including phenoxy) is 2. The van der Waals surface area contributed by atoms with Gasteiger partial charge in [-0.15, -0.1) is 10.2 Å². The molecule has 1 aliphatic heterocycles. The average molecular weight is 445 g/mol. The van der Waals surface area contributed by atoms with E-state index in [4.69, 9.17) is 9.47 Å². The molecule has 8 nitrogen and oxygen atoms in total. The lowest BCUT2D eigenvalue weighted by molar-refractivity contribution is -0.119. The zero-order valence-electron chi connectivity index (χ0n) is 18.6. The molecule has 1 aliphatic rings. The first kappa shape index (κ1) is 22.9. The Balaban J connectivity index is 2.29. The number of hydrogen-bond donors (Lipinski definition) is 0. The van der Waals surface area contributed by atoms with Gasteiger partial charge in [0.1, 0.15) is 0 Å². The van der Waals surface area contributed by atoms with Crippen molar-refractivity contribution in [1.82, 2.24) is 14.9 Å². The molecule has 0 atom stereocenters. The molecule has 166 valence electrons. The summed E-state index contributed by atoms with van der Waals surface area (Å²) in [6.07, 6.45) is 2.69. The highest BCUT2D eigenvalue weighted by molar-refractivity contribution is 8.04. The molecule has 9 heteroatoms. The van der Waals surface area contributed by atoms with Gasteiger partial charge in [-0.3, -0.25) is 9.59 Å². The van der Waals surface area contributed by atoms with Crippen molar-refractivity contribution in [2.24, 2.45) is 0 Å². The summed E-state index contributed by atoms with van der Waals surface area (Å²) in [5, 5.41) is 10.6. The van der Waals surface area contributed by atoms with Crippen LogP contribution in [0.2, 0.25) is 0 Å². The minimum atomic E-state index is -0.120. The van der Waals surface area contributed by atoms with Crippen molar-refractivity contribution in [2.45, 2.75) is 58.0 Å². The van der Waals surface area contributed by atoms with E-state index < -0.39 is 0 Å². The van der Waals surface area contributed by atoms with Gasteiger partial charge in [-0.05, 0) is 42.8 Å². The summed E-state index contributed by atoms with van der Waals surface area (Å²) in [5.74, 6) is 1.60. The largest absolute Gasteiger partial charge is 0.493 e. The molecule has 2 aromatic rings. The van der Waals surface area contributed by atoms with Crippen molar-refractivity contribution in [3.63, 3.8) is 0 Å². The second kappa shape index (κ2) is 10.00. The lowest BCUT2D eigenvalue weighted by Gasteiger charge is -2.33. The number of nitrogens with zero attached hydrogens (tertiary/aromatic N) is 4. The molecule has 3 rings (SSSR count). The molecule has 0 saturated heterocycles. The SMILES string of the molecule is CCCC(=O)C1=C(c2ccc(OC)c(OC)c2)N(C(=O)CCC)n2c(CC)nnc2S1. The first-order valence-electron chi connectivity index (χ1n) is 10.5. The minimum absolute atomic E-state index is 0.0288. The van der Waals surface area contributed by atoms with Crippen molar-refractivity contribution in [2.75, 3.05) is 19.2 Å². The summed E-state index contributed by atoms with van der Waals surface area (Å²) in [5.41, 5.74) is 1.22. The number of thioether (sulfide) groups is 1. The summed E-state index contributed by atoms with van der Waals surface area (Å²) < 4.78 is 12.6. The third kappa shape index (κ3) is 4.32. The second-order valence-electron chi connectivity index (χ2n) is 7.04. The molecule has 1 aromatic carbocycles. The van der Waals surface area contributed by atoms with Gasteiger partial charge in [0.05, 0.1) is 24.8 Å². The number of aromatic nitrogens is 3. The van der Waals surface area contributed by atoms with Gasteiger partial charge in [-0.25, -0.2) is 9.69 Å². The summed E-state index contributed by atoms with van der Waals surface area (Å²) in [6, 6.07) is 5.41. The van der Waals surface area contributed by atoms with Gasteiger partial charge < -0.3 is 9.47 Å². The highest BCUT2D eigenvalue weighted by Gasteiger charge is 2.36. The van der Waals surface area contributed by atoms with E-state index >= 15 is 0 Å². The maximum Gasteiger partial charge on any atom is 0.246 e. The monoisotopic (exact) mass is 444 g/mol. The standard InChI is InChI=1S/C22H28N4O4S/c1-6-9-15(27)21-20(14-11-12-16(29-4)17(13-14)30-5)26(19(28)10-7-2)25-18(8-3)23-24-22(25)31-21/h11-13H,6-10H2,1-5H3. The van der Waals surface area contributed by atoms with Crippen LogP contribution in [0.25, 0.3) is 5.70 Å². The number of allylic oxidation sites excluding steroid dienone is 1. The minimum Gasteiger partial charge on any atom is -0.493 e. The van der Waals surface area contributed by atoms with Gasteiger partial charge in [0.2, 0.25) is 11.1 Å². The van der Waals surface area contributed by atoms with Gasteiger partial charge in [0.25, 0.3) is 0 Å². The number of benzene rings is 1. The normalized spacial score (nSPS) is 13.3. The van der Waals surface area contributed by atoms with Crippen LogP contribution in [-0.4, -0.2) is 40.8 Å². The Hall–Kier alpha value is -2.81. The third-order valence-corrected chi connectivity index (χ3v) is 5.96. The van der Waals surface area contributed by atoms with Crippen molar-refractivity contribution >= 4 is 29.1 Å². The maximum absolute atomic E-state index is 13.4. The maximum atomic E-state index is 13.4. The van der Waals surface area contributed by atoms with Crippen molar-refractivity contribution in [3.8, 4) is 11.5 Å². The predicted molar refractivity (Wildman–Crippen MR) is 120 cm³/mol. The van der Waals surface area contributed by atoms with E-state index in [0.29, 0.717) is 70.7 Å². The molecule has 2 heterocycles. The number of aryl methyl sites for hydroxylation is 1. The van der Waals surface area contributed by atoms with E-state index in [-0.39, 0.29) is 11.7 Å². The molecule has 0 aliphatic carbocycles. The number of hydrogen-bond acceptors (Lipinski definition) is 7. The van der Waals surface area contributed by atoms with Crippen molar-refractivity contribution in [3.05, 3.63) is 34.5 Å². The zero-order valence-corrected chi connectivity index (χ0v) is 19.4. The molecule has 0 radical (unpaired) electrons. The molecule has 0 saturated carbocycles. The van der Waals surface area contributed by atoms with Gasteiger partial charge in [-0.1, -0.05) is 20.8 Å². The van der Waals surface area contributed by atoms with E-state index in [9.17, 15) is 9.59 Å². The fraction of sp³-hybridized carbons (Fsp3) is 0.455. The number of amides is 1. The number of Topliss-reactive ketones (excluding diaryl/α,β-unsaturated/α-hetero) is 1. The smallest absolute Gasteiger partial charge is 0.246 e. The molecule has 31 heavy (non-hydrogen) atoms. The highest BCUT2D eigenvalue weighted by atomic mass is 32.2. The molecule has 0 bridgehead atoms. The Bertz CT molecular complexity index is 1010. The van der Waals surface area contributed by atoms with E-state index in [1.165, 1.54) is 11.8 Å². The number of ketones is 1. The number of rotatable bonds is 9. The number of carbonyl (C=O) groups is 2. The number of fused-ring (bicyclic) bond motifs is 1. The predicted octanol–water partition coefficient (Wildman–Crippen LogP) is 3.97. The number of methoxy groups -OCH3 is 2. The van der Waals surface area contributed by atoms with Crippen LogP contribution >= 0.6 is 11.8 Å². The molecular formula is C22H28N4O4S. The first-order valence-corrected chi connectivity index (χ1v) is 11.3. The van der Waals surface area contributed by atoms with E-state index in [1.807, 2.05) is 26.8 Å². The fourth-order valence-electron chi connectivity index (χ4n) is 3.44. The van der Waals surface area contributed by atoms with Crippen molar-refractivity contribution < 1.29 is 19.1 Å². The van der Waals surface area contributed by atoms with E-state index in [2.05, 4.69) is 10.2 Å². The summed E-state index contributed by atoms with van der Waals surface area (Å²) in [6.45, 7) is 5.87. The second-order valence-corrected chi connectivity index (χ2v) is 8.02. The average Bonchev–Trinajstić information content (AvgIpc) is 3.20. The van der Waals surface area contributed by atoms with E-state index in [1.54, 1.807) is 36.0 Å². The van der Waals surface area contributed by atoms with Crippen molar-refractivity contribution in [1.29, 1.82) is 0 Å². The van der Waals surface area contributed by atoms with Crippen LogP contribution in [-0.2, 0) is 16.0 Å². The van der Waals surface area contributed by atoms with Crippen LogP contribution in [0.3, 0.4) is 0 Å². The topological polar surface area (TPSA) is 86.5 Å². The van der Waals surface area contributed by atoms with Crippen LogP contribution < -0.4 is 14.5 Å². The molecule has 0 N–H and O–H groups in total. The quantitative estimate of drug-likeness (QED) is 0.578. The Morgan fingerprint density at radius 2 is 1.71 bits per heavy atom. The zero-order chi connectivity index (χ0) is 22.5. The Kier molecular flexibility index (Phi) is 7.37. The fourth-order valence-corrected chi connectivity index (χ4v) is 4.49. The first-order chi connectivity index (χ1) is 15.0. The van der Waals surface area contributed by atoms with Crippen LogP contribution in [0.15, 0.2) is 28.3 Å². The third-order valence-electron chi connectivity index (χ3n) is 4.90. The molecule has 0 spiro atoms. The van der Waals surface area contributed by atoms with Gasteiger partial charge >= 0.3 is 0 Å². The number of carbonyl (C=O) groups excluding carboxylic acids is 2. The van der Waals surface area contributed by atoms with E-state index in [0.717, 1.165) is 0 Å². The van der Waals surface area contributed by atoms with Crippen LogP contribution in [0.1, 0.15) is 57.8 Å². The van der Waals surface area contributed by atoms with Gasteiger partial charge in [-0.2, -0.15) is 0 Å². The lowest BCUT2D eigenvalue weighted by Crippen LogP contribution is -2.43. The van der Waals surface area contributed by atoms with Crippen LogP contribution in [0, 0.1) is 0 Å². The molecule has 0 unspecified atom stereocenters. The Morgan fingerprint density at radius 1 is 1.00 bits per heavy atom. The van der Waals surface area contributed by atoms with Gasteiger partial charge in [0.15, 0.2) is 23.1 Å².